The monoisotopic (exact) mass is 295 g/mol. The first-order chi connectivity index (χ1) is 10.8. The smallest absolute Gasteiger partial charge is 0.124 e. The van der Waals surface area contributed by atoms with Crippen LogP contribution >= 0.6 is 0 Å². The van der Waals surface area contributed by atoms with Crippen molar-refractivity contribution >= 4 is 16.7 Å². The number of para-hydroxylation sites is 1. The zero-order valence-corrected chi connectivity index (χ0v) is 12.8. The number of aromatic amines is 1. The average molecular weight is 295 g/mol. The van der Waals surface area contributed by atoms with Crippen LogP contribution in [0.15, 0.2) is 36.4 Å². The van der Waals surface area contributed by atoms with Crippen molar-refractivity contribution in [2.75, 3.05) is 18.4 Å². The fraction of sp³-hybridized carbons (Fsp3) is 0.353. The van der Waals surface area contributed by atoms with Gasteiger partial charge >= 0.3 is 0 Å². The second kappa shape index (κ2) is 5.50. The van der Waals surface area contributed by atoms with Gasteiger partial charge in [0.2, 0.25) is 0 Å². The molecule has 0 saturated carbocycles. The van der Waals surface area contributed by atoms with E-state index in [0.29, 0.717) is 5.92 Å². The number of hydrogen-bond donors (Lipinski definition) is 3. The molecule has 114 valence electrons. The molecule has 1 aliphatic heterocycles. The van der Waals surface area contributed by atoms with Crippen LogP contribution in [0.1, 0.15) is 11.4 Å². The van der Waals surface area contributed by atoms with Crippen molar-refractivity contribution in [1.82, 2.24) is 20.1 Å². The Morgan fingerprint density at radius 1 is 1.32 bits per heavy atom. The summed E-state index contributed by atoms with van der Waals surface area (Å²) in [6.45, 7) is 5.88. The van der Waals surface area contributed by atoms with Crippen LogP contribution in [0.25, 0.3) is 10.9 Å². The van der Waals surface area contributed by atoms with Crippen LogP contribution in [0.5, 0.6) is 0 Å². The van der Waals surface area contributed by atoms with Crippen molar-refractivity contribution in [3.8, 4) is 0 Å². The van der Waals surface area contributed by atoms with Crippen molar-refractivity contribution in [3.05, 3.63) is 47.8 Å². The summed E-state index contributed by atoms with van der Waals surface area (Å²) in [6.07, 6.45) is 0. The number of nitrogens with one attached hydrogen (secondary N) is 3. The summed E-state index contributed by atoms with van der Waals surface area (Å²) >= 11 is 0. The fourth-order valence-electron chi connectivity index (χ4n) is 3.16. The normalized spacial score (nSPS) is 17.4. The van der Waals surface area contributed by atoms with Gasteiger partial charge in [0.25, 0.3) is 0 Å². The first-order valence-corrected chi connectivity index (χ1v) is 7.83. The molecule has 3 N–H and O–H groups in total. The maximum Gasteiger partial charge on any atom is 0.124 e. The lowest BCUT2D eigenvalue weighted by molar-refractivity contribution is 0.390. The molecule has 0 saturated heterocycles. The Balaban J connectivity index is 1.34. The second-order valence-corrected chi connectivity index (χ2v) is 6.11. The van der Waals surface area contributed by atoms with Crippen molar-refractivity contribution in [3.63, 3.8) is 0 Å². The highest BCUT2D eigenvalue weighted by atomic mass is 15.3. The molecule has 5 nitrogen and oxygen atoms in total. The maximum atomic E-state index is 4.52. The molecule has 0 amide bonds. The largest absolute Gasteiger partial charge is 0.370 e. The molecule has 0 bridgehead atoms. The number of fused-ring (bicyclic) bond motifs is 2. The van der Waals surface area contributed by atoms with Crippen molar-refractivity contribution < 1.29 is 0 Å². The van der Waals surface area contributed by atoms with E-state index in [4.69, 9.17) is 0 Å². The first-order valence-electron chi connectivity index (χ1n) is 7.83. The number of aromatic nitrogens is 3. The zero-order valence-electron chi connectivity index (χ0n) is 12.8. The third kappa shape index (κ3) is 2.60. The van der Waals surface area contributed by atoms with Crippen LogP contribution < -0.4 is 10.6 Å². The lowest BCUT2D eigenvalue weighted by Crippen LogP contribution is -2.35. The van der Waals surface area contributed by atoms with E-state index in [2.05, 4.69) is 61.8 Å². The van der Waals surface area contributed by atoms with Gasteiger partial charge < -0.3 is 15.6 Å². The van der Waals surface area contributed by atoms with Crippen LogP contribution in [0.2, 0.25) is 0 Å². The minimum atomic E-state index is 0.566. The Kier molecular flexibility index (Phi) is 3.35. The summed E-state index contributed by atoms with van der Waals surface area (Å²) in [5, 5.41) is 12.8. The molecule has 1 aromatic carbocycles. The summed E-state index contributed by atoms with van der Waals surface area (Å²) in [5.74, 6) is 1.71. The first kappa shape index (κ1) is 13.4. The van der Waals surface area contributed by atoms with Gasteiger partial charge in [0.1, 0.15) is 5.82 Å². The molecule has 0 radical (unpaired) electrons. The minimum absolute atomic E-state index is 0.566. The third-order valence-corrected chi connectivity index (χ3v) is 4.24. The van der Waals surface area contributed by atoms with Gasteiger partial charge in [-0.2, -0.15) is 5.10 Å². The van der Waals surface area contributed by atoms with Gasteiger partial charge in [-0.05, 0) is 24.4 Å². The quantitative estimate of drug-likeness (QED) is 0.693. The second-order valence-electron chi connectivity index (χ2n) is 6.11. The van der Waals surface area contributed by atoms with Gasteiger partial charge in [0.05, 0.1) is 5.69 Å². The molecule has 0 spiro atoms. The number of nitrogens with zero attached hydrogens (tertiary/aromatic N) is 2. The molecule has 1 atom stereocenters. The summed E-state index contributed by atoms with van der Waals surface area (Å²) in [4.78, 5) is 3.46. The van der Waals surface area contributed by atoms with Crippen LogP contribution in [-0.4, -0.2) is 27.9 Å². The average Bonchev–Trinajstić information content (AvgIpc) is 3.08. The lowest BCUT2D eigenvalue weighted by atomic mass is 10.1. The highest BCUT2D eigenvalue weighted by Crippen LogP contribution is 2.18. The van der Waals surface area contributed by atoms with Crippen molar-refractivity contribution in [2.45, 2.75) is 20.0 Å². The van der Waals surface area contributed by atoms with Crippen LogP contribution in [0.4, 0.5) is 5.82 Å². The minimum Gasteiger partial charge on any atom is -0.370 e. The Morgan fingerprint density at radius 2 is 2.23 bits per heavy atom. The summed E-state index contributed by atoms with van der Waals surface area (Å²) in [7, 11) is 0. The summed E-state index contributed by atoms with van der Waals surface area (Å²) < 4.78 is 2.08. The zero-order chi connectivity index (χ0) is 14.9. The molecule has 5 heteroatoms. The standard InChI is InChI=1S/C17H21N5/c1-12-6-17-19-9-13(11-22(17)21-12)8-18-10-15-7-14-4-2-3-5-16(14)20-15/h2-7,13,18-20H,8-11H2,1H3. The van der Waals surface area contributed by atoms with Gasteiger partial charge in [0.15, 0.2) is 0 Å². The Labute approximate surface area is 129 Å². The molecule has 22 heavy (non-hydrogen) atoms. The summed E-state index contributed by atoms with van der Waals surface area (Å²) in [5.41, 5.74) is 3.52. The predicted octanol–water partition coefficient (Wildman–Crippen LogP) is 2.50. The lowest BCUT2D eigenvalue weighted by Gasteiger charge is -2.25. The number of benzene rings is 1. The van der Waals surface area contributed by atoms with E-state index < -0.39 is 0 Å². The van der Waals surface area contributed by atoms with E-state index in [0.717, 1.165) is 37.7 Å². The summed E-state index contributed by atoms with van der Waals surface area (Å²) in [6, 6.07) is 12.7. The molecule has 2 aromatic heterocycles. The number of H-pyrrole nitrogens is 1. The van der Waals surface area contributed by atoms with E-state index in [1.807, 2.05) is 6.92 Å². The van der Waals surface area contributed by atoms with E-state index in [-0.39, 0.29) is 0 Å². The molecule has 0 fully saturated rings. The van der Waals surface area contributed by atoms with Gasteiger partial charge in [0, 0.05) is 49.4 Å². The Hall–Kier alpha value is -2.27. The number of hydrogen-bond acceptors (Lipinski definition) is 3. The molecule has 3 heterocycles. The van der Waals surface area contributed by atoms with Gasteiger partial charge in [-0.1, -0.05) is 18.2 Å². The van der Waals surface area contributed by atoms with Crippen LogP contribution in [-0.2, 0) is 13.1 Å². The van der Waals surface area contributed by atoms with Crippen LogP contribution in [0, 0.1) is 12.8 Å². The van der Waals surface area contributed by atoms with E-state index in [1.54, 1.807) is 0 Å². The topological polar surface area (TPSA) is 57.7 Å². The number of aryl methyl sites for hydroxylation is 1. The van der Waals surface area contributed by atoms with Gasteiger partial charge in [-0.15, -0.1) is 0 Å². The van der Waals surface area contributed by atoms with Gasteiger partial charge in [-0.3, -0.25) is 0 Å². The molecular weight excluding hydrogens is 274 g/mol. The van der Waals surface area contributed by atoms with Crippen LogP contribution in [0.3, 0.4) is 0 Å². The third-order valence-electron chi connectivity index (χ3n) is 4.24. The predicted molar refractivity (Wildman–Crippen MR) is 88.9 cm³/mol. The van der Waals surface area contributed by atoms with E-state index in [9.17, 15) is 0 Å². The molecule has 1 unspecified atom stereocenters. The SMILES string of the molecule is Cc1cc2n(n1)CC(CNCc1cc3ccccc3[nH]1)CN2. The number of anilines is 1. The fourth-order valence-corrected chi connectivity index (χ4v) is 3.16. The molecule has 0 aliphatic carbocycles. The molecule has 4 rings (SSSR count). The Bertz CT molecular complexity index is 752. The Morgan fingerprint density at radius 3 is 3.14 bits per heavy atom. The molecular formula is C17H21N5. The van der Waals surface area contributed by atoms with Gasteiger partial charge in [-0.25, -0.2) is 4.68 Å². The van der Waals surface area contributed by atoms with Crippen molar-refractivity contribution in [1.29, 1.82) is 0 Å². The molecule has 3 aromatic rings. The molecule has 1 aliphatic rings. The maximum absolute atomic E-state index is 4.52. The number of rotatable bonds is 4. The van der Waals surface area contributed by atoms with E-state index >= 15 is 0 Å². The van der Waals surface area contributed by atoms with E-state index in [1.165, 1.54) is 16.6 Å². The highest BCUT2D eigenvalue weighted by Gasteiger charge is 2.18. The highest BCUT2D eigenvalue weighted by molar-refractivity contribution is 5.80. The van der Waals surface area contributed by atoms with Crippen molar-refractivity contribution in [2.24, 2.45) is 5.92 Å².